The second-order valence-electron chi connectivity index (χ2n) is 5.38. The van der Waals surface area contributed by atoms with E-state index in [1.807, 2.05) is 0 Å². The van der Waals surface area contributed by atoms with E-state index in [0.29, 0.717) is 17.7 Å². The molecule has 2 aromatic rings. The highest BCUT2D eigenvalue weighted by molar-refractivity contribution is 6.35. The molecule has 138 valence electrons. The van der Waals surface area contributed by atoms with Crippen molar-refractivity contribution in [1.82, 2.24) is 10.6 Å². The summed E-state index contributed by atoms with van der Waals surface area (Å²) in [6.45, 7) is 0.585. The number of nitrogens with one attached hydrogen (secondary N) is 2. The first-order valence-electron chi connectivity index (χ1n) is 8.16. The van der Waals surface area contributed by atoms with Gasteiger partial charge in [0.05, 0.1) is 13.7 Å². The highest BCUT2D eigenvalue weighted by Gasteiger charge is 2.12. The van der Waals surface area contributed by atoms with E-state index in [9.17, 15) is 14.0 Å². The molecule has 2 N–H and O–H groups in total. The molecule has 0 aliphatic rings. The average Bonchev–Trinajstić information content (AvgIpc) is 2.67. The van der Waals surface area contributed by atoms with Gasteiger partial charge in [0.25, 0.3) is 0 Å². The van der Waals surface area contributed by atoms with Gasteiger partial charge in [-0.1, -0.05) is 18.2 Å². The molecule has 0 radical (unpaired) electrons. The summed E-state index contributed by atoms with van der Waals surface area (Å²) < 4.78 is 23.9. The zero-order valence-electron chi connectivity index (χ0n) is 14.5. The quantitative estimate of drug-likeness (QED) is 0.555. The van der Waals surface area contributed by atoms with Crippen LogP contribution in [0, 0.1) is 5.82 Å². The molecule has 0 fully saturated rings. The Morgan fingerprint density at radius 2 is 1.54 bits per heavy atom. The van der Waals surface area contributed by atoms with Crippen molar-refractivity contribution in [2.45, 2.75) is 6.42 Å². The van der Waals surface area contributed by atoms with Crippen molar-refractivity contribution in [3.05, 3.63) is 59.9 Å². The minimum atomic E-state index is -0.759. The molecule has 0 aliphatic carbocycles. The summed E-state index contributed by atoms with van der Waals surface area (Å²) >= 11 is 0. The van der Waals surface area contributed by atoms with Gasteiger partial charge in [-0.3, -0.25) is 9.59 Å². The van der Waals surface area contributed by atoms with Crippen LogP contribution in [0.3, 0.4) is 0 Å². The number of carbonyl (C=O) groups excluding carboxylic acids is 2. The lowest BCUT2D eigenvalue weighted by molar-refractivity contribution is -0.139. The molecular weight excluding hydrogens is 339 g/mol. The Morgan fingerprint density at radius 1 is 0.923 bits per heavy atom. The van der Waals surface area contributed by atoms with Crippen molar-refractivity contribution < 1.29 is 23.5 Å². The SMILES string of the molecule is COc1ccc(OCCNC(=O)C(=O)NCCc2ccccc2F)cc1. The first kappa shape index (κ1) is 19.2. The molecule has 26 heavy (non-hydrogen) atoms. The van der Waals surface area contributed by atoms with Gasteiger partial charge in [0.2, 0.25) is 0 Å². The van der Waals surface area contributed by atoms with Crippen LogP contribution in [-0.2, 0) is 16.0 Å². The Labute approximate surface area is 151 Å². The minimum Gasteiger partial charge on any atom is -0.497 e. The summed E-state index contributed by atoms with van der Waals surface area (Å²) in [5.41, 5.74) is 0.487. The standard InChI is InChI=1S/C19H21FN2O4/c1-25-15-6-8-16(9-7-15)26-13-12-22-19(24)18(23)21-11-10-14-4-2-3-5-17(14)20/h2-9H,10-13H2,1H3,(H,21,23)(H,22,24). The fourth-order valence-corrected chi connectivity index (χ4v) is 2.18. The van der Waals surface area contributed by atoms with E-state index in [4.69, 9.17) is 9.47 Å². The van der Waals surface area contributed by atoms with Crippen molar-refractivity contribution in [1.29, 1.82) is 0 Å². The molecule has 0 heterocycles. The van der Waals surface area contributed by atoms with Gasteiger partial charge < -0.3 is 20.1 Å². The Balaban J connectivity index is 1.62. The molecule has 0 atom stereocenters. The Morgan fingerprint density at radius 3 is 2.19 bits per heavy atom. The van der Waals surface area contributed by atoms with E-state index >= 15 is 0 Å². The van der Waals surface area contributed by atoms with Crippen molar-refractivity contribution in [2.24, 2.45) is 0 Å². The van der Waals surface area contributed by atoms with Crippen molar-refractivity contribution in [3.63, 3.8) is 0 Å². The molecular formula is C19H21FN2O4. The predicted molar refractivity (Wildman–Crippen MR) is 94.6 cm³/mol. The number of methoxy groups -OCH3 is 1. The second kappa shape index (κ2) is 10.0. The lowest BCUT2D eigenvalue weighted by Crippen LogP contribution is -2.42. The number of rotatable bonds is 8. The van der Waals surface area contributed by atoms with Crippen LogP contribution < -0.4 is 20.1 Å². The third-order valence-corrected chi connectivity index (χ3v) is 3.56. The lowest BCUT2D eigenvalue weighted by atomic mass is 10.1. The zero-order chi connectivity index (χ0) is 18.8. The second-order valence-corrected chi connectivity index (χ2v) is 5.38. The Bertz CT molecular complexity index is 735. The Hall–Kier alpha value is -3.09. The third-order valence-electron chi connectivity index (χ3n) is 3.56. The maximum Gasteiger partial charge on any atom is 0.309 e. The lowest BCUT2D eigenvalue weighted by Gasteiger charge is -2.09. The molecule has 0 saturated heterocycles. The molecule has 0 spiro atoms. The van der Waals surface area contributed by atoms with Crippen molar-refractivity contribution in [2.75, 3.05) is 26.8 Å². The summed E-state index contributed by atoms with van der Waals surface area (Å²) in [5, 5.41) is 4.92. The largest absolute Gasteiger partial charge is 0.497 e. The van der Waals surface area contributed by atoms with Gasteiger partial charge in [0, 0.05) is 6.54 Å². The average molecular weight is 360 g/mol. The molecule has 6 nitrogen and oxygen atoms in total. The van der Waals surface area contributed by atoms with Gasteiger partial charge in [-0.2, -0.15) is 0 Å². The van der Waals surface area contributed by atoms with E-state index in [2.05, 4.69) is 10.6 Å². The monoisotopic (exact) mass is 360 g/mol. The summed E-state index contributed by atoms with van der Waals surface area (Å²) in [7, 11) is 1.58. The summed E-state index contributed by atoms with van der Waals surface area (Å²) in [5.74, 6) is -0.489. The molecule has 2 aromatic carbocycles. The van der Waals surface area contributed by atoms with Gasteiger partial charge in [-0.25, -0.2) is 4.39 Å². The van der Waals surface area contributed by atoms with Gasteiger partial charge in [0.1, 0.15) is 23.9 Å². The molecule has 0 unspecified atom stereocenters. The van der Waals surface area contributed by atoms with Crippen LogP contribution in [-0.4, -0.2) is 38.6 Å². The molecule has 0 aliphatic heterocycles. The molecule has 7 heteroatoms. The molecule has 2 rings (SSSR count). The first-order valence-corrected chi connectivity index (χ1v) is 8.16. The fraction of sp³-hybridized carbons (Fsp3) is 0.263. The molecule has 0 bridgehead atoms. The number of ether oxygens (including phenoxy) is 2. The predicted octanol–water partition coefficient (Wildman–Crippen LogP) is 1.69. The highest BCUT2D eigenvalue weighted by atomic mass is 19.1. The topological polar surface area (TPSA) is 76.7 Å². The summed E-state index contributed by atoms with van der Waals surface area (Å²) in [6, 6.07) is 13.3. The van der Waals surface area contributed by atoms with E-state index in [0.717, 1.165) is 5.75 Å². The van der Waals surface area contributed by atoms with E-state index < -0.39 is 11.8 Å². The van der Waals surface area contributed by atoms with E-state index in [-0.39, 0.29) is 25.5 Å². The number of benzene rings is 2. The smallest absolute Gasteiger partial charge is 0.309 e. The van der Waals surface area contributed by atoms with E-state index in [1.165, 1.54) is 6.07 Å². The van der Waals surface area contributed by atoms with Crippen LogP contribution in [0.4, 0.5) is 4.39 Å². The maximum atomic E-state index is 13.4. The number of carbonyl (C=O) groups is 2. The fourth-order valence-electron chi connectivity index (χ4n) is 2.18. The van der Waals surface area contributed by atoms with Crippen LogP contribution in [0.25, 0.3) is 0 Å². The number of amides is 2. The Kier molecular flexibility index (Phi) is 7.42. The first-order chi connectivity index (χ1) is 12.6. The maximum absolute atomic E-state index is 13.4. The summed E-state index contributed by atoms with van der Waals surface area (Å²) in [6.07, 6.45) is 0.312. The third kappa shape index (κ3) is 6.08. The van der Waals surface area contributed by atoms with Crippen LogP contribution in [0.5, 0.6) is 11.5 Å². The molecule has 2 amide bonds. The van der Waals surface area contributed by atoms with Crippen molar-refractivity contribution >= 4 is 11.8 Å². The van der Waals surface area contributed by atoms with E-state index in [1.54, 1.807) is 49.6 Å². The number of halogens is 1. The van der Waals surface area contributed by atoms with Crippen LogP contribution in [0.15, 0.2) is 48.5 Å². The van der Waals surface area contributed by atoms with Crippen molar-refractivity contribution in [3.8, 4) is 11.5 Å². The molecule has 0 aromatic heterocycles. The zero-order valence-corrected chi connectivity index (χ0v) is 14.5. The minimum absolute atomic E-state index is 0.176. The number of hydrogen-bond donors (Lipinski definition) is 2. The van der Waals surface area contributed by atoms with Crippen LogP contribution in [0.2, 0.25) is 0 Å². The van der Waals surface area contributed by atoms with Gasteiger partial charge in [-0.05, 0) is 42.3 Å². The van der Waals surface area contributed by atoms with Gasteiger partial charge in [0.15, 0.2) is 0 Å². The summed E-state index contributed by atoms with van der Waals surface area (Å²) in [4.78, 5) is 23.4. The van der Waals surface area contributed by atoms with Crippen LogP contribution in [0.1, 0.15) is 5.56 Å². The number of hydrogen-bond acceptors (Lipinski definition) is 4. The van der Waals surface area contributed by atoms with Gasteiger partial charge >= 0.3 is 11.8 Å². The van der Waals surface area contributed by atoms with Crippen LogP contribution >= 0.6 is 0 Å². The normalized spacial score (nSPS) is 10.1. The molecule has 0 saturated carbocycles. The van der Waals surface area contributed by atoms with Gasteiger partial charge in [-0.15, -0.1) is 0 Å². The highest BCUT2D eigenvalue weighted by Crippen LogP contribution is 2.16.